The molecule has 1 amide bonds. The van der Waals surface area contributed by atoms with Crippen LogP contribution in [0, 0.1) is 13.8 Å². The van der Waals surface area contributed by atoms with Gasteiger partial charge >= 0.3 is 0 Å². The minimum absolute atomic E-state index is 0.233. The van der Waals surface area contributed by atoms with Crippen molar-refractivity contribution in [3.05, 3.63) is 53.1 Å². The zero-order valence-electron chi connectivity index (χ0n) is 19.2. The van der Waals surface area contributed by atoms with Crippen LogP contribution < -0.4 is 19.1 Å². The molecule has 0 bridgehead atoms. The highest BCUT2D eigenvalue weighted by Crippen LogP contribution is 2.35. The van der Waals surface area contributed by atoms with Crippen molar-refractivity contribution in [2.24, 2.45) is 0 Å². The summed E-state index contributed by atoms with van der Waals surface area (Å²) in [5.41, 5.74) is 3.53. The molecule has 0 saturated carbocycles. The minimum atomic E-state index is -3.80. The maximum atomic E-state index is 13.2. The summed E-state index contributed by atoms with van der Waals surface area (Å²) in [6, 6.07) is 9.65. The fourth-order valence-electron chi connectivity index (χ4n) is 3.44. The van der Waals surface area contributed by atoms with Gasteiger partial charge in [-0.15, -0.1) is 0 Å². The predicted octanol–water partition coefficient (Wildman–Crippen LogP) is 3.74. The third-order valence-electron chi connectivity index (χ3n) is 5.37. The van der Waals surface area contributed by atoms with Crippen molar-refractivity contribution in [2.45, 2.75) is 46.2 Å². The highest BCUT2D eigenvalue weighted by molar-refractivity contribution is 7.92. The Morgan fingerprint density at radius 1 is 1.06 bits per heavy atom. The molecule has 0 aromatic heterocycles. The van der Waals surface area contributed by atoms with Crippen molar-refractivity contribution in [3.63, 3.8) is 0 Å². The van der Waals surface area contributed by atoms with E-state index in [1.807, 2.05) is 39.0 Å². The van der Waals surface area contributed by atoms with Gasteiger partial charge in [-0.1, -0.05) is 25.1 Å². The van der Waals surface area contributed by atoms with Gasteiger partial charge in [0.1, 0.15) is 17.5 Å². The summed E-state index contributed by atoms with van der Waals surface area (Å²) >= 11 is 0. The molecule has 0 aliphatic rings. The SMILES string of the molecule is CCC(NC(=O)C(C)N(c1cc(OC)ccc1OC)S(C)(=O)=O)c1ccc(C)c(C)c1. The van der Waals surface area contributed by atoms with E-state index in [4.69, 9.17) is 9.47 Å². The Labute approximate surface area is 185 Å². The van der Waals surface area contributed by atoms with E-state index < -0.39 is 22.0 Å². The van der Waals surface area contributed by atoms with Gasteiger partial charge in [0, 0.05) is 6.07 Å². The maximum absolute atomic E-state index is 13.2. The molecule has 0 saturated heterocycles. The molecule has 8 heteroatoms. The Bertz CT molecular complexity index is 1040. The number of rotatable bonds is 9. The molecule has 0 fully saturated rings. The Balaban J connectivity index is 2.40. The quantitative estimate of drug-likeness (QED) is 0.632. The fraction of sp³-hybridized carbons (Fsp3) is 0.435. The largest absolute Gasteiger partial charge is 0.497 e. The van der Waals surface area contributed by atoms with Crippen LogP contribution in [-0.2, 0) is 14.8 Å². The van der Waals surface area contributed by atoms with Crippen LogP contribution in [0.1, 0.15) is 43.0 Å². The summed E-state index contributed by atoms with van der Waals surface area (Å²) in [4.78, 5) is 13.2. The number of methoxy groups -OCH3 is 2. The van der Waals surface area contributed by atoms with E-state index in [1.165, 1.54) is 19.8 Å². The van der Waals surface area contributed by atoms with Crippen LogP contribution in [-0.4, -0.2) is 40.8 Å². The monoisotopic (exact) mass is 448 g/mol. The third kappa shape index (κ3) is 5.70. The summed E-state index contributed by atoms with van der Waals surface area (Å²) in [7, 11) is -0.867. The molecule has 2 unspecified atom stereocenters. The number of anilines is 1. The molecule has 31 heavy (non-hydrogen) atoms. The van der Waals surface area contributed by atoms with Crippen molar-refractivity contribution in [1.29, 1.82) is 0 Å². The molecule has 1 N–H and O–H groups in total. The molecule has 170 valence electrons. The highest BCUT2D eigenvalue weighted by atomic mass is 32.2. The topological polar surface area (TPSA) is 84.9 Å². The van der Waals surface area contributed by atoms with Crippen LogP contribution in [0.5, 0.6) is 11.5 Å². The lowest BCUT2D eigenvalue weighted by Crippen LogP contribution is -2.48. The molecule has 7 nitrogen and oxygen atoms in total. The van der Waals surface area contributed by atoms with Crippen LogP contribution in [0.15, 0.2) is 36.4 Å². The number of amides is 1. The van der Waals surface area contributed by atoms with Crippen molar-refractivity contribution < 1.29 is 22.7 Å². The second-order valence-electron chi connectivity index (χ2n) is 7.59. The lowest BCUT2D eigenvalue weighted by Gasteiger charge is -2.31. The number of nitrogens with one attached hydrogen (secondary N) is 1. The first-order valence-corrected chi connectivity index (χ1v) is 12.0. The molecule has 0 spiro atoms. The molecular weight excluding hydrogens is 416 g/mol. The number of hydrogen-bond donors (Lipinski definition) is 1. The lowest BCUT2D eigenvalue weighted by molar-refractivity contribution is -0.122. The molecule has 2 aromatic carbocycles. The van der Waals surface area contributed by atoms with Gasteiger partial charge in [-0.25, -0.2) is 8.42 Å². The molecule has 0 aliphatic carbocycles. The summed E-state index contributed by atoms with van der Waals surface area (Å²) in [6.07, 6.45) is 1.73. The van der Waals surface area contributed by atoms with Gasteiger partial charge in [-0.2, -0.15) is 0 Å². The smallest absolute Gasteiger partial charge is 0.244 e. The van der Waals surface area contributed by atoms with E-state index in [-0.39, 0.29) is 11.7 Å². The number of hydrogen-bond acceptors (Lipinski definition) is 5. The summed E-state index contributed by atoms with van der Waals surface area (Å²) in [5, 5.41) is 3.00. The van der Waals surface area contributed by atoms with Gasteiger partial charge in [0.2, 0.25) is 15.9 Å². The normalized spacial score (nSPS) is 13.3. The van der Waals surface area contributed by atoms with Crippen molar-refractivity contribution in [3.8, 4) is 11.5 Å². The second-order valence-corrected chi connectivity index (χ2v) is 9.45. The Morgan fingerprint density at radius 2 is 1.74 bits per heavy atom. The molecule has 2 rings (SSSR count). The summed E-state index contributed by atoms with van der Waals surface area (Å²) in [6.45, 7) is 7.59. The molecule has 2 aromatic rings. The average molecular weight is 449 g/mol. The second kappa shape index (κ2) is 10.0. The molecule has 2 atom stereocenters. The fourth-order valence-corrected chi connectivity index (χ4v) is 4.61. The summed E-state index contributed by atoms with van der Waals surface area (Å²) < 4.78 is 37.1. The summed E-state index contributed by atoms with van der Waals surface area (Å²) in [5.74, 6) is 0.381. The van der Waals surface area contributed by atoms with Gasteiger partial charge in [0.15, 0.2) is 0 Å². The Kier molecular flexibility index (Phi) is 7.95. The van der Waals surface area contributed by atoms with Crippen molar-refractivity contribution in [1.82, 2.24) is 5.32 Å². The van der Waals surface area contributed by atoms with E-state index in [0.29, 0.717) is 17.9 Å². The predicted molar refractivity (Wildman–Crippen MR) is 123 cm³/mol. The molecule has 0 heterocycles. The number of carbonyl (C=O) groups is 1. The number of nitrogens with zero attached hydrogens (tertiary/aromatic N) is 1. The highest BCUT2D eigenvalue weighted by Gasteiger charge is 2.32. The van der Waals surface area contributed by atoms with Gasteiger partial charge in [0.25, 0.3) is 0 Å². The number of carbonyl (C=O) groups excluding carboxylic acids is 1. The first-order valence-electron chi connectivity index (χ1n) is 10.1. The molecular formula is C23H32N2O5S. The van der Waals surface area contributed by atoms with Gasteiger partial charge in [-0.05, 0) is 56.0 Å². The Hall–Kier alpha value is -2.74. The number of sulfonamides is 1. The van der Waals surface area contributed by atoms with Gasteiger partial charge in [0.05, 0.1) is 32.2 Å². The van der Waals surface area contributed by atoms with Gasteiger partial charge < -0.3 is 14.8 Å². The van der Waals surface area contributed by atoms with Crippen molar-refractivity contribution >= 4 is 21.6 Å². The number of ether oxygens (including phenoxy) is 2. The number of benzene rings is 2. The van der Waals surface area contributed by atoms with E-state index in [1.54, 1.807) is 25.1 Å². The van der Waals surface area contributed by atoms with E-state index in [2.05, 4.69) is 5.32 Å². The zero-order valence-corrected chi connectivity index (χ0v) is 20.0. The maximum Gasteiger partial charge on any atom is 0.244 e. The van der Waals surface area contributed by atoms with Crippen LogP contribution in [0.4, 0.5) is 5.69 Å². The Morgan fingerprint density at radius 3 is 2.26 bits per heavy atom. The van der Waals surface area contributed by atoms with Crippen molar-refractivity contribution in [2.75, 3.05) is 24.8 Å². The molecule has 0 aliphatic heterocycles. The van der Waals surface area contributed by atoms with Crippen LogP contribution in [0.2, 0.25) is 0 Å². The molecule has 0 radical (unpaired) electrons. The minimum Gasteiger partial charge on any atom is -0.497 e. The zero-order chi connectivity index (χ0) is 23.3. The number of aryl methyl sites for hydroxylation is 2. The average Bonchev–Trinajstić information content (AvgIpc) is 2.72. The van der Waals surface area contributed by atoms with Gasteiger partial charge in [-0.3, -0.25) is 9.10 Å². The van der Waals surface area contributed by atoms with Crippen LogP contribution in [0.3, 0.4) is 0 Å². The van der Waals surface area contributed by atoms with E-state index in [0.717, 1.165) is 21.7 Å². The standard InChI is InChI=1S/C23H32N2O5S/c1-8-20(18-10-9-15(2)16(3)13-18)24-23(26)17(4)25(31(7,27)28)21-14-19(29-5)11-12-22(21)30-6/h9-14,17,20H,8H2,1-7H3,(H,24,26). The first-order chi connectivity index (χ1) is 14.5. The van der Waals surface area contributed by atoms with E-state index >= 15 is 0 Å². The van der Waals surface area contributed by atoms with E-state index in [9.17, 15) is 13.2 Å². The van der Waals surface area contributed by atoms with Crippen LogP contribution >= 0.6 is 0 Å². The first kappa shape index (κ1) is 24.5. The van der Waals surface area contributed by atoms with Crippen LogP contribution in [0.25, 0.3) is 0 Å². The third-order valence-corrected chi connectivity index (χ3v) is 6.60. The lowest BCUT2D eigenvalue weighted by atomic mass is 9.99.